The molecule has 6 heteroatoms. The van der Waals surface area contributed by atoms with Gasteiger partial charge in [0.2, 0.25) is 5.91 Å². The highest BCUT2D eigenvalue weighted by Crippen LogP contribution is 2.25. The fourth-order valence-electron chi connectivity index (χ4n) is 3.49. The van der Waals surface area contributed by atoms with Crippen molar-refractivity contribution in [2.24, 2.45) is 5.92 Å². The molecule has 1 N–H and O–H groups in total. The van der Waals surface area contributed by atoms with Crippen LogP contribution in [-0.2, 0) is 4.79 Å². The molecule has 0 saturated carbocycles. The van der Waals surface area contributed by atoms with E-state index >= 15 is 0 Å². The molecule has 0 bridgehead atoms. The number of hydrogen-bond acceptors (Lipinski definition) is 5. The number of piperidine rings is 1. The highest BCUT2D eigenvalue weighted by atomic mass is 16.2. The zero-order chi connectivity index (χ0) is 19.2. The second-order valence-electron chi connectivity index (χ2n) is 6.83. The number of benzene rings is 2. The number of amides is 1. The fourth-order valence-corrected chi connectivity index (χ4v) is 3.49. The molecule has 1 fully saturated rings. The van der Waals surface area contributed by atoms with Gasteiger partial charge in [-0.05, 0) is 37.1 Å². The van der Waals surface area contributed by atoms with Gasteiger partial charge in [-0.3, -0.25) is 20.2 Å². The summed E-state index contributed by atoms with van der Waals surface area (Å²) >= 11 is 0. The van der Waals surface area contributed by atoms with Crippen LogP contribution in [0.5, 0.6) is 0 Å². The van der Waals surface area contributed by atoms with Gasteiger partial charge in [-0.15, -0.1) is 0 Å². The number of rotatable bonds is 5. The van der Waals surface area contributed by atoms with Gasteiger partial charge in [0, 0.05) is 25.5 Å². The van der Waals surface area contributed by atoms with Crippen molar-refractivity contribution in [3.63, 3.8) is 0 Å². The smallest absolute Gasteiger partial charge is 0.243 e. The van der Waals surface area contributed by atoms with Crippen LogP contribution in [0.2, 0.25) is 0 Å². The van der Waals surface area contributed by atoms with Crippen LogP contribution in [0, 0.1) is 5.92 Å². The Morgan fingerprint density at radius 2 is 1.68 bits per heavy atom. The zero-order valence-corrected chi connectivity index (χ0v) is 15.6. The summed E-state index contributed by atoms with van der Waals surface area (Å²) in [6, 6.07) is 19.7. The molecule has 142 valence electrons. The van der Waals surface area contributed by atoms with Gasteiger partial charge in [-0.1, -0.05) is 36.4 Å². The van der Waals surface area contributed by atoms with Gasteiger partial charge in [-0.2, -0.15) is 0 Å². The Kier molecular flexibility index (Phi) is 5.47. The fraction of sp³-hybridized carbons (Fsp3) is 0.227. The van der Waals surface area contributed by atoms with Crippen LogP contribution in [0.1, 0.15) is 12.8 Å². The Hall–Kier alpha value is -3.41. The first-order valence-corrected chi connectivity index (χ1v) is 9.53. The van der Waals surface area contributed by atoms with Gasteiger partial charge >= 0.3 is 0 Å². The average molecular weight is 373 g/mol. The Bertz CT molecular complexity index is 849. The van der Waals surface area contributed by atoms with Crippen LogP contribution < -0.4 is 15.3 Å². The van der Waals surface area contributed by atoms with E-state index in [9.17, 15) is 4.79 Å². The van der Waals surface area contributed by atoms with Gasteiger partial charge in [0.05, 0.1) is 23.5 Å². The molecule has 4 rings (SSSR count). The summed E-state index contributed by atoms with van der Waals surface area (Å²) in [5, 5.41) is 1.85. The van der Waals surface area contributed by atoms with E-state index in [-0.39, 0.29) is 11.8 Å². The van der Waals surface area contributed by atoms with Crippen LogP contribution >= 0.6 is 0 Å². The summed E-state index contributed by atoms with van der Waals surface area (Å²) < 4.78 is 0. The molecule has 1 atom stereocenters. The van der Waals surface area contributed by atoms with E-state index < -0.39 is 0 Å². The van der Waals surface area contributed by atoms with Crippen LogP contribution in [0.25, 0.3) is 0 Å². The third kappa shape index (κ3) is 4.11. The van der Waals surface area contributed by atoms with Gasteiger partial charge in [-0.25, -0.2) is 4.98 Å². The van der Waals surface area contributed by atoms with E-state index in [2.05, 4.69) is 20.3 Å². The Morgan fingerprint density at radius 1 is 1.00 bits per heavy atom. The molecule has 0 aliphatic carbocycles. The lowest BCUT2D eigenvalue weighted by Crippen LogP contribution is -2.48. The average Bonchev–Trinajstić information content (AvgIpc) is 2.79. The molecular weight excluding hydrogens is 350 g/mol. The van der Waals surface area contributed by atoms with Crippen molar-refractivity contribution < 1.29 is 4.79 Å². The first kappa shape index (κ1) is 18.0. The summed E-state index contributed by atoms with van der Waals surface area (Å²) in [6.07, 6.45) is 6.91. The van der Waals surface area contributed by atoms with Gasteiger partial charge < -0.3 is 4.90 Å². The van der Waals surface area contributed by atoms with Crippen LogP contribution in [0.3, 0.4) is 0 Å². The van der Waals surface area contributed by atoms with E-state index in [1.165, 1.54) is 0 Å². The molecule has 2 aromatic carbocycles. The molecule has 1 amide bonds. The Labute approximate surface area is 164 Å². The van der Waals surface area contributed by atoms with Gasteiger partial charge in [0.15, 0.2) is 0 Å². The minimum atomic E-state index is -0.106. The monoisotopic (exact) mass is 373 g/mol. The predicted octanol–water partition coefficient (Wildman–Crippen LogP) is 3.56. The van der Waals surface area contributed by atoms with Crippen molar-refractivity contribution >= 4 is 23.1 Å². The number of para-hydroxylation sites is 2. The predicted molar refractivity (Wildman–Crippen MR) is 110 cm³/mol. The van der Waals surface area contributed by atoms with Gasteiger partial charge in [0.25, 0.3) is 0 Å². The molecule has 1 aromatic heterocycles. The number of anilines is 3. The number of nitrogens with zero attached hydrogens (tertiary/aromatic N) is 4. The lowest BCUT2D eigenvalue weighted by molar-refractivity contribution is -0.125. The summed E-state index contributed by atoms with van der Waals surface area (Å²) in [5.74, 6) is 0.731. The highest BCUT2D eigenvalue weighted by molar-refractivity contribution is 5.83. The van der Waals surface area contributed by atoms with Crippen molar-refractivity contribution in [3.05, 3.63) is 79.3 Å². The summed E-state index contributed by atoms with van der Waals surface area (Å²) in [6.45, 7) is 1.53. The van der Waals surface area contributed by atoms with Crippen LogP contribution in [0.15, 0.2) is 79.3 Å². The maximum Gasteiger partial charge on any atom is 0.243 e. The molecule has 1 saturated heterocycles. The lowest BCUT2D eigenvalue weighted by atomic mass is 9.97. The summed E-state index contributed by atoms with van der Waals surface area (Å²) in [7, 11) is 0. The van der Waals surface area contributed by atoms with Crippen molar-refractivity contribution in [2.75, 3.05) is 23.0 Å². The molecule has 0 radical (unpaired) electrons. The number of hydrazine groups is 1. The topological polar surface area (TPSA) is 61.4 Å². The largest absolute Gasteiger partial charge is 0.355 e. The molecule has 1 unspecified atom stereocenters. The number of carbonyl (C=O) groups excluding carboxylic acids is 1. The minimum absolute atomic E-state index is 0.0151. The minimum Gasteiger partial charge on any atom is -0.355 e. The summed E-state index contributed by atoms with van der Waals surface area (Å²) in [4.78, 5) is 23.8. The number of nitrogens with one attached hydrogen (secondary N) is 1. The molecule has 3 aromatic rings. The van der Waals surface area contributed by atoms with E-state index in [0.29, 0.717) is 6.54 Å². The van der Waals surface area contributed by atoms with E-state index in [1.807, 2.05) is 65.7 Å². The van der Waals surface area contributed by atoms with E-state index in [4.69, 9.17) is 0 Å². The molecule has 1 aliphatic rings. The molecule has 2 heterocycles. The number of hydrogen-bond donors (Lipinski definition) is 1. The SMILES string of the molecule is O=C(NN(c1ccccc1)c1ccccc1)C1CCCN(c2cnccn2)C1. The van der Waals surface area contributed by atoms with E-state index in [0.717, 1.165) is 36.6 Å². The highest BCUT2D eigenvalue weighted by Gasteiger charge is 2.28. The van der Waals surface area contributed by atoms with Crippen molar-refractivity contribution in [3.8, 4) is 0 Å². The lowest BCUT2D eigenvalue weighted by Gasteiger charge is -2.34. The number of carbonyl (C=O) groups is 1. The van der Waals surface area contributed by atoms with Crippen LogP contribution in [0.4, 0.5) is 17.2 Å². The summed E-state index contributed by atoms with van der Waals surface area (Å²) in [5.41, 5.74) is 4.96. The van der Waals surface area contributed by atoms with Crippen molar-refractivity contribution in [1.29, 1.82) is 0 Å². The molecule has 6 nitrogen and oxygen atoms in total. The quantitative estimate of drug-likeness (QED) is 0.693. The standard InChI is InChI=1S/C22H23N5O/c28-22(18-8-7-15-26(17-18)21-16-23-13-14-24-21)25-27(19-9-3-1-4-10-19)20-11-5-2-6-12-20/h1-6,9-14,16,18H,7-8,15,17H2,(H,25,28). The maximum atomic E-state index is 13.1. The van der Waals surface area contributed by atoms with Gasteiger partial charge in [0.1, 0.15) is 5.82 Å². The normalized spacial score (nSPS) is 16.4. The zero-order valence-electron chi connectivity index (χ0n) is 15.6. The van der Waals surface area contributed by atoms with Crippen LogP contribution in [-0.4, -0.2) is 29.0 Å². The molecular formula is C22H23N5O. The first-order valence-electron chi connectivity index (χ1n) is 9.53. The van der Waals surface area contributed by atoms with Crippen molar-refractivity contribution in [2.45, 2.75) is 12.8 Å². The third-order valence-corrected chi connectivity index (χ3v) is 4.92. The Morgan fingerprint density at radius 3 is 2.29 bits per heavy atom. The second kappa shape index (κ2) is 8.52. The van der Waals surface area contributed by atoms with Crippen molar-refractivity contribution in [1.82, 2.24) is 15.4 Å². The maximum absolute atomic E-state index is 13.1. The molecule has 28 heavy (non-hydrogen) atoms. The third-order valence-electron chi connectivity index (χ3n) is 4.92. The Balaban J connectivity index is 1.51. The first-order chi connectivity index (χ1) is 13.8. The molecule has 1 aliphatic heterocycles. The van der Waals surface area contributed by atoms with E-state index in [1.54, 1.807) is 18.6 Å². The second-order valence-corrected chi connectivity index (χ2v) is 6.83. The molecule has 0 spiro atoms. The number of aromatic nitrogens is 2.